The summed E-state index contributed by atoms with van der Waals surface area (Å²) in [4.78, 5) is 13.2. The number of carbonyl (C=O) groups excluding carboxylic acids is 1. The summed E-state index contributed by atoms with van der Waals surface area (Å²) in [6, 6.07) is 6.38. The summed E-state index contributed by atoms with van der Waals surface area (Å²) >= 11 is 0. The van der Waals surface area contributed by atoms with Crippen molar-refractivity contribution in [3.05, 3.63) is 29.5 Å². The van der Waals surface area contributed by atoms with Crippen molar-refractivity contribution in [2.75, 3.05) is 6.61 Å². The maximum atomic E-state index is 13.2. The Balaban J connectivity index is 1.61. The summed E-state index contributed by atoms with van der Waals surface area (Å²) in [7, 11) is 0. The molecule has 1 aromatic carbocycles. The molecule has 4 rings (SSSR count). The Labute approximate surface area is 162 Å². The van der Waals surface area contributed by atoms with E-state index in [1.54, 1.807) is 0 Å². The highest BCUT2D eigenvalue weighted by molar-refractivity contribution is 6.02. The van der Waals surface area contributed by atoms with E-state index in [0.717, 1.165) is 46.3 Å². The molecule has 1 N–H and O–H groups in total. The number of rotatable bonds is 6. The molecule has 4 unspecified atom stereocenters. The molecule has 27 heavy (non-hydrogen) atoms. The van der Waals surface area contributed by atoms with Crippen LogP contribution in [0.4, 0.5) is 0 Å². The number of aryl methyl sites for hydroxylation is 2. The van der Waals surface area contributed by atoms with Gasteiger partial charge in [-0.15, -0.1) is 0 Å². The third-order valence-electron chi connectivity index (χ3n) is 6.92. The fourth-order valence-electron chi connectivity index (χ4n) is 5.67. The van der Waals surface area contributed by atoms with Gasteiger partial charge in [0.05, 0.1) is 6.61 Å². The number of amides is 1. The Morgan fingerprint density at radius 2 is 2.11 bits per heavy atom. The monoisotopic (exact) mass is 368 g/mol. The number of nitrogens with zero attached hydrogens (tertiary/aromatic N) is 1. The van der Waals surface area contributed by atoms with E-state index in [4.69, 9.17) is 4.74 Å². The highest BCUT2D eigenvalue weighted by Crippen LogP contribution is 2.49. The van der Waals surface area contributed by atoms with Crippen molar-refractivity contribution in [1.82, 2.24) is 9.88 Å². The average Bonchev–Trinajstić information content (AvgIpc) is 3.35. The quantitative estimate of drug-likeness (QED) is 0.786. The fourth-order valence-corrected chi connectivity index (χ4v) is 5.67. The predicted octanol–water partition coefficient (Wildman–Crippen LogP) is 4.92. The van der Waals surface area contributed by atoms with E-state index in [-0.39, 0.29) is 11.9 Å². The van der Waals surface area contributed by atoms with Gasteiger partial charge in [-0.2, -0.15) is 0 Å². The van der Waals surface area contributed by atoms with Gasteiger partial charge in [0.15, 0.2) is 0 Å². The first-order valence-corrected chi connectivity index (χ1v) is 10.6. The molecule has 1 amide bonds. The van der Waals surface area contributed by atoms with Gasteiger partial charge in [-0.1, -0.05) is 6.42 Å². The van der Waals surface area contributed by atoms with E-state index < -0.39 is 0 Å². The Bertz CT molecular complexity index is 854. The normalized spacial score (nSPS) is 25.1. The van der Waals surface area contributed by atoms with Gasteiger partial charge in [0.2, 0.25) is 0 Å². The molecule has 2 aliphatic rings. The molecule has 1 heterocycles. The van der Waals surface area contributed by atoms with E-state index in [1.807, 2.05) is 13.0 Å². The minimum absolute atomic E-state index is 0.0683. The minimum atomic E-state index is 0.0683. The van der Waals surface area contributed by atoms with Gasteiger partial charge < -0.3 is 14.6 Å². The lowest BCUT2D eigenvalue weighted by Crippen LogP contribution is -2.41. The number of hydrogen-bond donors (Lipinski definition) is 1. The van der Waals surface area contributed by atoms with Crippen LogP contribution in [0, 0.1) is 24.7 Å². The van der Waals surface area contributed by atoms with Gasteiger partial charge in [0.25, 0.3) is 5.91 Å². The first-order chi connectivity index (χ1) is 13.0. The fraction of sp³-hybridized carbons (Fsp3) is 0.609. The van der Waals surface area contributed by atoms with Crippen LogP contribution in [-0.2, 0) is 6.54 Å². The first-order valence-electron chi connectivity index (χ1n) is 10.6. The second-order valence-corrected chi connectivity index (χ2v) is 8.43. The van der Waals surface area contributed by atoms with Crippen LogP contribution < -0.4 is 10.1 Å². The summed E-state index contributed by atoms with van der Waals surface area (Å²) in [6.07, 6.45) is 5.41. The maximum Gasteiger partial charge on any atom is 0.268 e. The third-order valence-corrected chi connectivity index (χ3v) is 6.92. The predicted molar refractivity (Wildman–Crippen MR) is 109 cm³/mol. The number of benzene rings is 1. The molecular weight excluding hydrogens is 336 g/mol. The van der Waals surface area contributed by atoms with Gasteiger partial charge in [-0.25, -0.2) is 0 Å². The summed E-state index contributed by atoms with van der Waals surface area (Å²) in [5, 5.41) is 4.46. The van der Waals surface area contributed by atoms with Crippen LogP contribution >= 0.6 is 0 Å². The summed E-state index contributed by atoms with van der Waals surface area (Å²) < 4.78 is 7.80. The van der Waals surface area contributed by atoms with Crippen molar-refractivity contribution >= 4 is 16.8 Å². The molecule has 4 heteroatoms. The van der Waals surface area contributed by atoms with Crippen LogP contribution in [0.15, 0.2) is 18.2 Å². The first kappa shape index (κ1) is 18.4. The number of aromatic nitrogens is 1. The number of hydrogen-bond acceptors (Lipinski definition) is 2. The molecule has 2 fully saturated rings. The molecule has 4 nitrogen and oxygen atoms in total. The number of nitrogens with one attached hydrogen (secondary N) is 1. The van der Waals surface area contributed by atoms with Crippen molar-refractivity contribution in [2.24, 2.45) is 17.8 Å². The van der Waals surface area contributed by atoms with E-state index in [1.165, 1.54) is 25.7 Å². The lowest BCUT2D eigenvalue weighted by molar-refractivity contribution is 0.0905. The van der Waals surface area contributed by atoms with Crippen LogP contribution in [0.25, 0.3) is 10.9 Å². The smallest absolute Gasteiger partial charge is 0.268 e. The SMILES string of the molecule is CCOc1ccc2c(c1)c(C)c(C(=O)NC(C)C1CC3CCC1C3)n2CC. The molecule has 0 aliphatic heterocycles. The van der Waals surface area contributed by atoms with Gasteiger partial charge >= 0.3 is 0 Å². The summed E-state index contributed by atoms with van der Waals surface area (Å²) in [5.74, 6) is 3.30. The van der Waals surface area contributed by atoms with Crippen molar-refractivity contribution < 1.29 is 9.53 Å². The van der Waals surface area contributed by atoms with Crippen LogP contribution in [0.3, 0.4) is 0 Å². The zero-order valence-electron chi connectivity index (χ0n) is 17.0. The van der Waals surface area contributed by atoms with Crippen molar-refractivity contribution in [2.45, 2.75) is 66.0 Å². The molecule has 2 bridgehead atoms. The standard InChI is InChI=1S/C23H32N2O2/c1-5-25-21-10-9-18(27-6-2)13-19(21)14(3)22(25)23(26)24-15(4)20-12-16-7-8-17(20)11-16/h9-10,13,15-17,20H,5-8,11-12H2,1-4H3,(H,24,26). The third kappa shape index (κ3) is 3.13. The van der Waals surface area contributed by atoms with Gasteiger partial charge in [0, 0.05) is 23.5 Å². The topological polar surface area (TPSA) is 43.3 Å². The van der Waals surface area contributed by atoms with Gasteiger partial charge in [-0.3, -0.25) is 4.79 Å². The number of ether oxygens (including phenoxy) is 1. The number of carbonyl (C=O) groups is 1. The Morgan fingerprint density at radius 1 is 1.30 bits per heavy atom. The molecule has 1 aromatic heterocycles. The molecule has 0 radical (unpaired) electrons. The summed E-state index contributed by atoms with van der Waals surface area (Å²) in [5.41, 5.74) is 2.96. The maximum absolute atomic E-state index is 13.2. The molecule has 2 aliphatic carbocycles. The van der Waals surface area contributed by atoms with Crippen LogP contribution in [-0.4, -0.2) is 23.1 Å². The number of fused-ring (bicyclic) bond motifs is 3. The van der Waals surface area contributed by atoms with E-state index >= 15 is 0 Å². The van der Waals surface area contributed by atoms with Gasteiger partial charge in [0.1, 0.15) is 11.4 Å². The summed E-state index contributed by atoms with van der Waals surface area (Å²) in [6.45, 7) is 9.78. The van der Waals surface area contributed by atoms with Crippen molar-refractivity contribution in [1.29, 1.82) is 0 Å². The van der Waals surface area contributed by atoms with E-state index in [2.05, 4.69) is 42.8 Å². The van der Waals surface area contributed by atoms with Crippen molar-refractivity contribution in [3.63, 3.8) is 0 Å². The second kappa shape index (κ2) is 7.21. The van der Waals surface area contributed by atoms with E-state index in [0.29, 0.717) is 12.5 Å². The van der Waals surface area contributed by atoms with Gasteiger partial charge in [-0.05, 0) is 88.5 Å². The molecule has 0 spiro atoms. The van der Waals surface area contributed by atoms with Crippen LogP contribution in [0.1, 0.15) is 62.5 Å². The average molecular weight is 369 g/mol. The highest BCUT2D eigenvalue weighted by atomic mass is 16.5. The Hall–Kier alpha value is -1.97. The zero-order valence-corrected chi connectivity index (χ0v) is 17.0. The molecule has 0 saturated heterocycles. The largest absolute Gasteiger partial charge is 0.494 e. The Morgan fingerprint density at radius 3 is 2.74 bits per heavy atom. The van der Waals surface area contributed by atoms with Crippen LogP contribution in [0.2, 0.25) is 0 Å². The Kier molecular flexibility index (Phi) is 4.92. The molecule has 2 saturated carbocycles. The lowest BCUT2D eigenvalue weighted by Gasteiger charge is -2.28. The van der Waals surface area contributed by atoms with Crippen molar-refractivity contribution in [3.8, 4) is 5.75 Å². The van der Waals surface area contributed by atoms with Crippen LogP contribution in [0.5, 0.6) is 5.75 Å². The molecule has 4 atom stereocenters. The minimum Gasteiger partial charge on any atom is -0.494 e. The lowest BCUT2D eigenvalue weighted by atomic mass is 9.84. The highest BCUT2D eigenvalue weighted by Gasteiger charge is 2.42. The second-order valence-electron chi connectivity index (χ2n) is 8.43. The molecule has 146 valence electrons. The molecule has 2 aromatic rings. The van der Waals surface area contributed by atoms with E-state index in [9.17, 15) is 4.79 Å². The molecular formula is C23H32N2O2. The zero-order chi connectivity index (χ0) is 19.1.